The topological polar surface area (TPSA) is 0 Å². The highest BCUT2D eigenvalue weighted by molar-refractivity contribution is 7.26. The highest BCUT2D eigenvalue weighted by Gasteiger charge is 2.43. The van der Waals surface area contributed by atoms with Gasteiger partial charge in [0.15, 0.2) is 10.3 Å². The molecule has 0 atom stereocenters. The van der Waals surface area contributed by atoms with Crippen molar-refractivity contribution >= 4 is 103 Å². The molecule has 0 amide bonds. The molecule has 290 valence electrons. The fourth-order valence-electron chi connectivity index (χ4n) is 9.90. The molecule has 0 unspecified atom stereocenters. The molecule has 0 bridgehead atoms. The molecular formula is C48H52F2S4Si2. The third kappa shape index (κ3) is 6.97. The van der Waals surface area contributed by atoms with E-state index in [1.807, 2.05) is 12.1 Å². The lowest BCUT2D eigenvalue weighted by molar-refractivity contribution is 0.657. The van der Waals surface area contributed by atoms with Gasteiger partial charge in [-0.3, -0.25) is 0 Å². The number of benzene rings is 3. The number of rotatable bonds is 8. The molecule has 8 heteroatoms. The third-order valence-electron chi connectivity index (χ3n) is 12.6. The van der Waals surface area contributed by atoms with Crippen LogP contribution in [0.4, 0.5) is 8.78 Å². The molecule has 0 aliphatic carbocycles. The highest BCUT2D eigenvalue weighted by Crippen LogP contribution is 2.46. The SMILES string of the molecule is CC(C)[Si](C#Cc1c2cc3cc(-c4ccc(F)s4)sc3cc2c(C#C[Si](C(C)C)(C(C)C)C(C)C)c2cc3cc(-c4ccc(F)s4)sc3cc12)(C(C)C)C(C)C. The summed E-state index contributed by atoms with van der Waals surface area (Å²) in [5.41, 5.74) is 13.3. The average Bonchev–Trinajstić information content (AvgIpc) is 3.93. The van der Waals surface area contributed by atoms with Crippen LogP contribution in [0.2, 0.25) is 33.2 Å². The second-order valence-electron chi connectivity index (χ2n) is 17.3. The summed E-state index contributed by atoms with van der Waals surface area (Å²) in [5.74, 6) is 7.94. The summed E-state index contributed by atoms with van der Waals surface area (Å²) in [6, 6.07) is 20.7. The van der Waals surface area contributed by atoms with E-state index in [1.165, 1.54) is 22.7 Å². The standard InChI is InChI=1S/C48H52F2S4Si2/c1-27(2)55(28(3)4,29(5)6)19-17-35-37-21-33-23-45(41-13-15-47(49)53-41)52-44(33)26-40(37)36(18-20-56(30(7)8,31(9)10)32(11)12)38-22-34-24-46(42-14-16-48(50)54-42)51-43(34)25-39(35)38/h13-16,21-32H,1-12H3. The molecule has 3 aromatic carbocycles. The van der Waals surface area contributed by atoms with Gasteiger partial charge in [-0.25, -0.2) is 0 Å². The van der Waals surface area contributed by atoms with Gasteiger partial charge >= 0.3 is 0 Å². The monoisotopic (exact) mass is 850 g/mol. The van der Waals surface area contributed by atoms with Gasteiger partial charge in [0.25, 0.3) is 0 Å². The predicted molar refractivity (Wildman–Crippen MR) is 255 cm³/mol. The first-order chi connectivity index (χ1) is 26.5. The molecular weight excluding hydrogens is 799 g/mol. The Kier molecular flexibility index (Phi) is 11.4. The molecule has 0 saturated carbocycles. The Labute approximate surface area is 350 Å². The van der Waals surface area contributed by atoms with Gasteiger partial charge in [0.1, 0.15) is 16.1 Å². The molecule has 0 saturated heterocycles. The molecule has 0 aliphatic rings. The molecule has 0 nitrogen and oxygen atoms in total. The van der Waals surface area contributed by atoms with Crippen LogP contribution in [0.5, 0.6) is 0 Å². The predicted octanol–water partition coefficient (Wildman–Crippen LogP) is 17.3. The quantitative estimate of drug-likeness (QED) is 0.0812. The Balaban J connectivity index is 1.66. The summed E-state index contributed by atoms with van der Waals surface area (Å²) in [5, 5.41) is 6.47. The van der Waals surface area contributed by atoms with Crippen molar-refractivity contribution in [1.82, 2.24) is 0 Å². The molecule has 0 N–H and O–H groups in total. The van der Waals surface area contributed by atoms with E-state index in [1.54, 1.807) is 34.8 Å². The van der Waals surface area contributed by atoms with Crippen molar-refractivity contribution in [2.24, 2.45) is 0 Å². The van der Waals surface area contributed by atoms with E-state index in [9.17, 15) is 8.78 Å². The Hall–Kier alpha value is -3.09. The fraction of sp³-hybridized carbons (Fsp3) is 0.375. The fourth-order valence-corrected chi connectivity index (χ4v) is 24.1. The van der Waals surface area contributed by atoms with Crippen LogP contribution < -0.4 is 0 Å². The van der Waals surface area contributed by atoms with E-state index in [4.69, 9.17) is 0 Å². The molecule has 0 radical (unpaired) electrons. The van der Waals surface area contributed by atoms with E-state index in [-0.39, 0.29) is 10.3 Å². The first-order valence-corrected chi connectivity index (χ1v) is 27.7. The number of hydrogen-bond acceptors (Lipinski definition) is 4. The van der Waals surface area contributed by atoms with Crippen molar-refractivity contribution in [2.45, 2.75) is 116 Å². The van der Waals surface area contributed by atoms with Crippen LogP contribution >= 0.6 is 45.3 Å². The summed E-state index contributed by atoms with van der Waals surface area (Å²) in [4.78, 5) is 4.04. The van der Waals surface area contributed by atoms with E-state index in [2.05, 4.69) is 142 Å². The normalized spacial score (nSPS) is 12.8. The maximum absolute atomic E-state index is 14.3. The van der Waals surface area contributed by atoms with Crippen molar-refractivity contribution in [1.29, 1.82) is 0 Å². The van der Waals surface area contributed by atoms with E-state index in [0.717, 1.165) is 72.4 Å². The minimum atomic E-state index is -2.11. The Morgan fingerprint density at radius 1 is 0.411 bits per heavy atom. The van der Waals surface area contributed by atoms with Gasteiger partial charge in [-0.15, -0.1) is 56.4 Å². The molecule has 7 rings (SSSR count). The van der Waals surface area contributed by atoms with Crippen LogP contribution in [-0.2, 0) is 0 Å². The van der Waals surface area contributed by atoms with Crippen molar-refractivity contribution in [3.8, 4) is 42.4 Å². The minimum absolute atomic E-state index is 0.169. The van der Waals surface area contributed by atoms with Gasteiger partial charge in [0, 0.05) is 50.8 Å². The summed E-state index contributed by atoms with van der Waals surface area (Å²) in [6.07, 6.45) is 0. The van der Waals surface area contributed by atoms with Gasteiger partial charge in [0.2, 0.25) is 0 Å². The molecule has 7 aromatic rings. The molecule has 0 fully saturated rings. The Morgan fingerprint density at radius 2 is 0.732 bits per heavy atom. The van der Waals surface area contributed by atoms with Crippen molar-refractivity contribution in [2.75, 3.05) is 0 Å². The molecule has 0 aliphatic heterocycles. The van der Waals surface area contributed by atoms with E-state index < -0.39 is 16.1 Å². The van der Waals surface area contributed by atoms with Crippen molar-refractivity contribution in [3.63, 3.8) is 0 Å². The van der Waals surface area contributed by atoms with Gasteiger partial charge in [-0.05, 0) is 115 Å². The summed E-state index contributed by atoms with van der Waals surface area (Å²) >= 11 is 5.84. The zero-order valence-corrected chi connectivity index (χ0v) is 39.9. The van der Waals surface area contributed by atoms with E-state index in [0.29, 0.717) is 33.2 Å². The van der Waals surface area contributed by atoms with Gasteiger partial charge in [0.05, 0.1) is 0 Å². The number of thiophene rings is 4. The Bertz CT molecular complexity index is 2410. The lowest BCUT2D eigenvalue weighted by atomic mass is 9.91. The largest absolute Gasteiger partial charge is 0.195 e. The summed E-state index contributed by atoms with van der Waals surface area (Å²) in [6.45, 7) is 28.5. The van der Waals surface area contributed by atoms with Crippen molar-refractivity contribution in [3.05, 3.63) is 82.1 Å². The third-order valence-corrected chi connectivity index (χ3v) is 29.5. The second kappa shape index (κ2) is 15.6. The average molecular weight is 851 g/mol. The number of hydrogen-bond donors (Lipinski definition) is 0. The van der Waals surface area contributed by atoms with Crippen LogP contribution in [-0.4, -0.2) is 16.1 Å². The maximum Gasteiger partial charge on any atom is 0.177 e. The lowest BCUT2D eigenvalue weighted by Gasteiger charge is -2.38. The first-order valence-electron chi connectivity index (χ1n) is 20.0. The van der Waals surface area contributed by atoms with Crippen LogP contribution in [0.3, 0.4) is 0 Å². The van der Waals surface area contributed by atoms with Crippen LogP contribution in [0, 0.1) is 33.2 Å². The molecule has 56 heavy (non-hydrogen) atoms. The lowest BCUT2D eigenvalue weighted by Crippen LogP contribution is -2.43. The second-order valence-corrected chi connectivity index (χ2v) is 32.7. The van der Waals surface area contributed by atoms with Crippen molar-refractivity contribution < 1.29 is 8.78 Å². The van der Waals surface area contributed by atoms with Crippen LogP contribution in [0.25, 0.3) is 61.2 Å². The molecule has 0 spiro atoms. The highest BCUT2D eigenvalue weighted by atomic mass is 32.1. The number of halogens is 2. The smallest absolute Gasteiger partial charge is 0.177 e. The zero-order valence-electron chi connectivity index (χ0n) is 34.6. The van der Waals surface area contributed by atoms with Crippen LogP contribution in [0.1, 0.15) is 94.2 Å². The first kappa shape index (κ1) is 41.1. The van der Waals surface area contributed by atoms with Gasteiger partial charge in [-0.1, -0.05) is 94.9 Å². The maximum atomic E-state index is 14.3. The Morgan fingerprint density at radius 3 is 1.02 bits per heavy atom. The van der Waals surface area contributed by atoms with E-state index >= 15 is 0 Å². The van der Waals surface area contributed by atoms with Gasteiger partial charge < -0.3 is 0 Å². The summed E-state index contributed by atoms with van der Waals surface area (Å²) < 4.78 is 30.9. The zero-order chi connectivity index (χ0) is 40.4. The molecule has 4 heterocycles. The van der Waals surface area contributed by atoms with Crippen LogP contribution in [0.15, 0.2) is 60.7 Å². The van der Waals surface area contributed by atoms with Gasteiger partial charge in [-0.2, -0.15) is 8.78 Å². The number of fused-ring (bicyclic) bond motifs is 4. The summed E-state index contributed by atoms with van der Waals surface area (Å²) in [7, 11) is -4.21. The molecule has 4 aromatic heterocycles. The minimum Gasteiger partial charge on any atom is -0.195 e.